The highest BCUT2D eigenvalue weighted by molar-refractivity contribution is 5.79. The summed E-state index contributed by atoms with van der Waals surface area (Å²) in [6, 6.07) is 4.20. The van der Waals surface area contributed by atoms with Gasteiger partial charge in [0.05, 0.1) is 12.1 Å². The van der Waals surface area contributed by atoms with Gasteiger partial charge in [-0.05, 0) is 57.6 Å². The number of hydrogen-bond acceptors (Lipinski definition) is 4. The first kappa shape index (κ1) is 16.7. The zero-order valence-electron chi connectivity index (χ0n) is 14.7. The molecule has 3 heterocycles. The summed E-state index contributed by atoms with van der Waals surface area (Å²) in [5.41, 5.74) is 4.05. The van der Waals surface area contributed by atoms with E-state index in [9.17, 15) is 4.79 Å². The van der Waals surface area contributed by atoms with Crippen LogP contribution in [0.2, 0.25) is 0 Å². The van der Waals surface area contributed by atoms with E-state index < -0.39 is 0 Å². The molecule has 1 atom stereocenters. The van der Waals surface area contributed by atoms with E-state index in [4.69, 9.17) is 4.52 Å². The fourth-order valence-corrected chi connectivity index (χ4v) is 3.43. The first-order valence-corrected chi connectivity index (χ1v) is 8.64. The number of nitrogens with zero attached hydrogens (tertiary/aromatic N) is 3. The molecule has 0 N–H and O–H groups in total. The number of rotatable bonds is 4. The summed E-state index contributed by atoms with van der Waals surface area (Å²) in [6.07, 6.45) is 5.57. The average molecular weight is 327 g/mol. The van der Waals surface area contributed by atoms with Crippen LogP contribution in [-0.2, 0) is 17.6 Å². The second kappa shape index (κ2) is 7.16. The van der Waals surface area contributed by atoms with E-state index in [0.29, 0.717) is 12.3 Å². The lowest BCUT2D eigenvalue weighted by Crippen LogP contribution is -2.41. The van der Waals surface area contributed by atoms with E-state index in [-0.39, 0.29) is 5.91 Å². The number of carbonyl (C=O) groups is 1. The highest BCUT2D eigenvalue weighted by Gasteiger charge is 2.25. The molecule has 1 amide bonds. The van der Waals surface area contributed by atoms with E-state index in [1.165, 1.54) is 12.0 Å². The molecule has 5 nitrogen and oxygen atoms in total. The van der Waals surface area contributed by atoms with Gasteiger partial charge in [-0.15, -0.1) is 0 Å². The van der Waals surface area contributed by atoms with Crippen molar-refractivity contribution < 1.29 is 9.32 Å². The van der Waals surface area contributed by atoms with Crippen molar-refractivity contribution in [1.82, 2.24) is 15.0 Å². The molecule has 0 aliphatic carbocycles. The minimum atomic E-state index is 0.177. The number of amides is 1. The molecule has 0 spiro atoms. The van der Waals surface area contributed by atoms with Crippen LogP contribution in [0.15, 0.2) is 22.9 Å². The first-order chi connectivity index (χ1) is 11.5. The fraction of sp³-hybridized carbons (Fsp3) is 0.526. The minimum Gasteiger partial charge on any atom is -0.361 e. The summed E-state index contributed by atoms with van der Waals surface area (Å²) >= 11 is 0. The van der Waals surface area contributed by atoms with Crippen LogP contribution >= 0.6 is 0 Å². The lowest BCUT2D eigenvalue weighted by atomic mass is 9.91. The van der Waals surface area contributed by atoms with Gasteiger partial charge in [0.15, 0.2) is 0 Å². The maximum absolute atomic E-state index is 12.7. The predicted octanol–water partition coefficient (Wildman–Crippen LogP) is 3.02. The van der Waals surface area contributed by atoms with Crippen molar-refractivity contribution in [1.29, 1.82) is 0 Å². The van der Waals surface area contributed by atoms with Crippen molar-refractivity contribution in [3.05, 3.63) is 46.6 Å². The maximum atomic E-state index is 12.7. The summed E-state index contributed by atoms with van der Waals surface area (Å²) in [6.45, 7) is 7.44. The monoisotopic (exact) mass is 327 g/mol. The highest BCUT2D eigenvalue weighted by Crippen LogP contribution is 2.22. The summed E-state index contributed by atoms with van der Waals surface area (Å²) in [4.78, 5) is 19.0. The van der Waals surface area contributed by atoms with E-state index >= 15 is 0 Å². The third-order valence-electron chi connectivity index (χ3n) is 4.88. The lowest BCUT2D eigenvalue weighted by Gasteiger charge is -2.33. The second-order valence-electron chi connectivity index (χ2n) is 6.84. The number of pyridine rings is 1. The molecule has 128 valence electrons. The van der Waals surface area contributed by atoms with Crippen LogP contribution in [-0.4, -0.2) is 34.0 Å². The molecule has 2 aromatic rings. The van der Waals surface area contributed by atoms with Crippen LogP contribution < -0.4 is 0 Å². The minimum absolute atomic E-state index is 0.177. The molecule has 5 heteroatoms. The van der Waals surface area contributed by atoms with Crippen LogP contribution in [0.5, 0.6) is 0 Å². The van der Waals surface area contributed by atoms with Crippen LogP contribution in [0, 0.1) is 26.7 Å². The molecule has 0 unspecified atom stereocenters. The van der Waals surface area contributed by atoms with Crippen molar-refractivity contribution in [2.75, 3.05) is 13.1 Å². The van der Waals surface area contributed by atoms with Gasteiger partial charge in [0.2, 0.25) is 5.91 Å². The molecular weight excluding hydrogens is 302 g/mol. The Labute approximate surface area is 143 Å². The van der Waals surface area contributed by atoms with Crippen molar-refractivity contribution in [3.63, 3.8) is 0 Å². The molecule has 1 aliphatic rings. The number of aromatic nitrogens is 2. The van der Waals surface area contributed by atoms with Crippen LogP contribution in [0.25, 0.3) is 0 Å². The molecule has 1 saturated heterocycles. The number of aryl methyl sites for hydroxylation is 3. The average Bonchev–Trinajstić information content (AvgIpc) is 2.89. The summed E-state index contributed by atoms with van der Waals surface area (Å²) < 4.78 is 5.17. The Kier molecular flexibility index (Phi) is 4.97. The van der Waals surface area contributed by atoms with Crippen molar-refractivity contribution in [3.8, 4) is 0 Å². The summed E-state index contributed by atoms with van der Waals surface area (Å²) in [5, 5.41) is 3.94. The normalized spacial score (nSPS) is 18.0. The molecular formula is C19H25N3O2. The lowest BCUT2D eigenvalue weighted by molar-refractivity contribution is -0.132. The van der Waals surface area contributed by atoms with Crippen molar-refractivity contribution >= 4 is 5.91 Å². The maximum Gasteiger partial charge on any atom is 0.227 e. The standard InChI is InChI=1S/C19H25N3O2/c1-13-6-7-16(11-20-13)9-17-5-4-8-22(12-17)19(23)10-18-14(2)21-24-15(18)3/h6-7,11,17H,4-5,8-10,12H2,1-3H3/t17-/m1/s1. The van der Waals surface area contributed by atoms with E-state index in [2.05, 4.69) is 22.3 Å². The Hall–Kier alpha value is -2.17. The quantitative estimate of drug-likeness (QED) is 0.866. The van der Waals surface area contributed by atoms with Crippen LogP contribution in [0.3, 0.4) is 0 Å². The zero-order chi connectivity index (χ0) is 17.1. The van der Waals surface area contributed by atoms with Crippen molar-refractivity contribution in [2.45, 2.75) is 46.5 Å². The Morgan fingerprint density at radius 3 is 2.83 bits per heavy atom. The van der Waals surface area contributed by atoms with Gasteiger partial charge in [0.1, 0.15) is 5.76 Å². The Bertz CT molecular complexity index is 686. The van der Waals surface area contributed by atoms with Crippen LogP contribution in [0.4, 0.5) is 0 Å². The van der Waals surface area contributed by atoms with Gasteiger partial charge >= 0.3 is 0 Å². The predicted molar refractivity (Wildman–Crippen MR) is 91.7 cm³/mol. The van der Waals surface area contributed by atoms with Crippen molar-refractivity contribution in [2.24, 2.45) is 5.92 Å². The van der Waals surface area contributed by atoms with Gasteiger partial charge in [-0.3, -0.25) is 9.78 Å². The molecule has 1 fully saturated rings. The highest BCUT2D eigenvalue weighted by atomic mass is 16.5. The Morgan fingerprint density at radius 2 is 2.17 bits per heavy atom. The molecule has 0 radical (unpaired) electrons. The third-order valence-corrected chi connectivity index (χ3v) is 4.88. The molecule has 3 rings (SSSR count). The van der Waals surface area contributed by atoms with E-state index in [1.54, 1.807) is 0 Å². The van der Waals surface area contributed by atoms with Gasteiger partial charge < -0.3 is 9.42 Å². The molecule has 2 aromatic heterocycles. The van der Waals surface area contributed by atoms with Gasteiger partial charge in [0.25, 0.3) is 0 Å². The van der Waals surface area contributed by atoms with E-state index in [1.807, 2.05) is 31.9 Å². The first-order valence-electron chi connectivity index (χ1n) is 8.64. The molecule has 1 aliphatic heterocycles. The molecule has 0 aromatic carbocycles. The number of hydrogen-bond donors (Lipinski definition) is 0. The number of carbonyl (C=O) groups excluding carboxylic acids is 1. The largest absolute Gasteiger partial charge is 0.361 e. The Morgan fingerprint density at radius 1 is 1.33 bits per heavy atom. The number of likely N-dealkylation sites (tertiary alicyclic amines) is 1. The second-order valence-corrected chi connectivity index (χ2v) is 6.84. The smallest absolute Gasteiger partial charge is 0.227 e. The molecule has 0 saturated carbocycles. The topological polar surface area (TPSA) is 59.2 Å². The molecule has 0 bridgehead atoms. The Balaban J connectivity index is 1.60. The zero-order valence-corrected chi connectivity index (χ0v) is 14.7. The van der Waals surface area contributed by atoms with Crippen LogP contribution in [0.1, 0.15) is 41.1 Å². The van der Waals surface area contributed by atoms with Gasteiger partial charge in [-0.1, -0.05) is 11.2 Å². The number of piperidine rings is 1. The fourth-order valence-electron chi connectivity index (χ4n) is 3.43. The SMILES string of the molecule is Cc1ccc(C[C@H]2CCCN(C(=O)Cc3c(C)noc3C)C2)cn1. The summed E-state index contributed by atoms with van der Waals surface area (Å²) in [5.74, 6) is 1.44. The van der Waals surface area contributed by atoms with Gasteiger partial charge in [-0.25, -0.2) is 0 Å². The van der Waals surface area contributed by atoms with E-state index in [0.717, 1.165) is 48.6 Å². The van der Waals surface area contributed by atoms with Gasteiger partial charge in [-0.2, -0.15) is 0 Å². The molecule has 24 heavy (non-hydrogen) atoms. The summed E-state index contributed by atoms with van der Waals surface area (Å²) in [7, 11) is 0. The van der Waals surface area contributed by atoms with Gasteiger partial charge in [0, 0.05) is 30.5 Å². The third kappa shape index (κ3) is 3.83.